The molecule has 26 heavy (non-hydrogen) atoms. The lowest BCUT2D eigenvalue weighted by atomic mass is 10.1. The van der Waals surface area contributed by atoms with Gasteiger partial charge < -0.3 is 4.42 Å². The number of nitrogens with zero attached hydrogens (tertiary/aromatic N) is 2. The van der Waals surface area contributed by atoms with Crippen LogP contribution in [-0.4, -0.2) is 29.9 Å². The lowest BCUT2D eigenvalue weighted by Crippen LogP contribution is -2.24. The molecule has 0 aliphatic heterocycles. The van der Waals surface area contributed by atoms with E-state index in [9.17, 15) is 26.4 Å². The number of rotatable bonds is 4. The van der Waals surface area contributed by atoms with Gasteiger partial charge in [-0.05, 0) is 29.3 Å². The maximum Gasteiger partial charge on any atom is 0.419 e. The van der Waals surface area contributed by atoms with E-state index < -0.39 is 33.3 Å². The molecular weight excluding hydrogens is 373 g/mol. The number of pyridine rings is 1. The molecule has 0 N–H and O–H groups in total. The summed E-state index contributed by atoms with van der Waals surface area (Å²) in [6.45, 7) is 0. The van der Waals surface area contributed by atoms with Gasteiger partial charge in [-0.1, -0.05) is 6.07 Å². The number of aryl methyl sites for hydroxylation is 1. The van der Waals surface area contributed by atoms with Crippen LogP contribution in [0.15, 0.2) is 45.9 Å². The van der Waals surface area contributed by atoms with Gasteiger partial charge in [-0.25, -0.2) is 13.2 Å². The number of hydrogen-bond acceptors (Lipinski definition) is 5. The first-order valence-corrected chi connectivity index (χ1v) is 9.17. The number of fused-ring (bicyclic) bond motifs is 1. The molecule has 0 bridgehead atoms. The van der Waals surface area contributed by atoms with E-state index in [1.165, 1.54) is 30.1 Å². The van der Waals surface area contributed by atoms with Crippen LogP contribution in [0.2, 0.25) is 0 Å². The predicted octanol–water partition coefficient (Wildman–Crippen LogP) is 2.67. The normalized spacial score (nSPS) is 12.6. The van der Waals surface area contributed by atoms with Gasteiger partial charge >= 0.3 is 11.9 Å². The van der Waals surface area contributed by atoms with Gasteiger partial charge in [0.25, 0.3) is 0 Å². The first kappa shape index (κ1) is 18.2. The van der Waals surface area contributed by atoms with Crippen LogP contribution in [0.1, 0.15) is 5.56 Å². The van der Waals surface area contributed by atoms with Gasteiger partial charge in [0.15, 0.2) is 15.4 Å². The Hall–Kier alpha value is -2.62. The van der Waals surface area contributed by atoms with Gasteiger partial charge in [0, 0.05) is 25.0 Å². The summed E-state index contributed by atoms with van der Waals surface area (Å²) in [5.41, 5.74) is 2.20. The second kappa shape index (κ2) is 6.27. The van der Waals surface area contributed by atoms with Gasteiger partial charge in [0.1, 0.15) is 5.75 Å². The molecule has 0 atom stereocenters. The molecule has 3 aromatic rings. The highest BCUT2D eigenvalue weighted by atomic mass is 32.2. The largest absolute Gasteiger partial charge is 0.419 e. The zero-order chi connectivity index (χ0) is 19.1. The van der Waals surface area contributed by atoms with Crippen molar-refractivity contribution in [2.45, 2.75) is 11.9 Å². The highest BCUT2D eigenvalue weighted by Crippen LogP contribution is 2.25. The average Bonchev–Trinajstić information content (AvgIpc) is 2.79. The van der Waals surface area contributed by atoms with Gasteiger partial charge in [-0.15, -0.1) is 0 Å². The molecule has 0 aliphatic carbocycles. The molecule has 0 saturated heterocycles. The molecule has 3 rings (SSSR count). The molecule has 0 amide bonds. The van der Waals surface area contributed by atoms with Crippen LogP contribution in [0.5, 0.6) is 0 Å². The second-order valence-electron chi connectivity index (χ2n) is 5.84. The standard InChI is InChI=1S/C16H13F3N2O4S/c1-21-13-5-11(2-3-14(13)25-15(21)22)12-4-10(6-20-7-12)8-26(23,24)9-16(17,18)19/h2-7H,8-9H2,1H3. The number of halogens is 3. The van der Waals surface area contributed by atoms with Crippen LogP contribution >= 0.6 is 0 Å². The Bertz CT molecular complexity index is 1130. The second-order valence-corrected chi connectivity index (χ2v) is 7.90. The van der Waals surface area contributed by atoms with Crippen LogP contribution in [-0.2, 0) is 22.6 Å². The SMILES string of the molecule is Cn1c(=O)oc2ccc(-c3cncc(CS(=O)(=O)CC(F)(F)F)c3)cc21. The summed E-state index contributed by atoms with van der Waals surface area (Å²) in [7, 11) is -2.82. The minimum absolute atomic E-state index is 0.146. The molecule has 0 unspecified atom stereocenters. The van der Waals surface area contributed by atoms with Crippen LogP contribution < -0.4 is 5.76 Å². The van der Waals surface area contributed by atoms with E-state index in [1.807, 2.05) is 0 Å². The molecule has 2 aromatic heterocycles. The van der Waals surface area contributed by atoms with Crippen molar-refractivity contribution >= 4 is 20.9 Å². The van der Waals surface area contributed by atoms with E-state index in [-0.39, 0.29) is 5.56 Å². The molecule has 138 valence electrons. The van der Waals surface area contributed by atoms with Crippen molar-refractivity contribution in [2.24, 2.45) is 7.05 Å². The number of benzene rings is 1. The van der Waals surface area contributed by atoms with Gasteiger partial charge in [-0.3, -0.25) is 9.55 Å². The summed E-state index contributed by atoms with van der Waals surface area (Å²) in [5, 5.41) is 0. The van der Waals surface area contributed by atoms with Crippen LogP contribution in [0, 0.1) is 0 Å². The summed E-state index contributed by atoms with van der Waals surface area (Å²) in [5.74, 6) is -3.17. The van der Waals surface area contributed by atoms with Crippen molar-refractivity contribution in [3.8, 4) is 11.1 Å². The third kappa shape index (κ3) is 3.96. The summed E-state index contributed by atoms with van der Waals surface area (Å²) in [4.78, 5) is 15.4. The van der Waals surface area contributed by atoms with Crippen molar-refractivity contribution < 1.29 is 26.0 Å². The highest BCUT2D eigenvalue weighted by Gasteiger charge is 2.35. The monoisotopic (exact) mass is 386 g/mol. The Balaban J connectivity index is 1.95. The van der Waals surface area contributed by atoms with Gasteiger partial charge in [-0.2, -0.15) is 13.2 Å². The fourth-order valence-electron chi connectivity index (χ4n) is 2.58. The fraction of sp³-hybridized carbons (Fsp3) is 0.250. The minimum atomic E-state index is -4.79. The van der Waals surface area contributed by atoms with Gasteiger partial charge in [0.05, 0.1) is 11.3 Å². The van der Waals surface area contributed by atoms with Crippen LogP contribution in [0.25, 0.3) is 22.2 Å². The summed E-state index contributed by atoms with van der Waals surface area (Å²) in [6.07, 6.45) is -2.12. The fourth-order valence-corrected chi connectivity index (χ4v) is 3.85. The molecule has 2 heterocycles. The maximum atomic E-state index is 12.4. The Morgan fingerprint density at radius 1 is 1.15 bits per heavy atom. The molecule has 0 fully saturated rings. The third-order valence-corrected chi connectivity index (χ3v) is 5.23. The van der Waals surface area contributed by atoms with E-state index >= 15 is 0 Å². The molecular formula is C16H13F3N2O4S. The average molecular weight is 386 g/mol. The molecule has 0 spiro atoms. The first-order valence-electron chi connectivity index (χ1n) is 7.35. The van der Waals surface area contributed by atoms with E-state index in [2.05, 4.69) is 4.98 Å². The smallest absolute Gasteiger partial charge is 0.408 e. The number of hydrogen-bond donors (Lipinski definition) is 0. The van der Waals surface area contributed by atoms with Crippen molar-refractivity contribution in [2.75, 3.05) is 5.75 Å². The van der Waals surface area contributed by atoms with Gasteiger partial charge in [0.2, 0.25) is 0 Å². The Kier molecular flexibility index (Phi) is 4.39. The topological polar surface area (TPSA) is 82.2 Å². The van der Waals surface area contributed by atoms with Crippen molar-refractivity contribution in [1.29, 1.82) is 0 Å². The zero-order valence-electron chi connectivity index (χ0n) is 13.4. The van der Waals surface area contributed by atoms with Crippen molar-refractivity contribution in [3.05, 3.63) is 52.8 Å². The first-order chi connectivity index (χ1) is 12.0. The number of oxazole rings is 1. The molecule has 0 aliphatic rings. The molecule has 10 heteroatoms. The lowest BCUT2D eigenvalue weighted by molar-refractivity contribution is -0.106. The Morgan fingerprint density at radius 2 is 1.88 bits per heavy atom. The van der Waals surface area contributed by atoms with Crippen LogP contribution in [0.3, 0.4) is 0 Å². The Morgan fingerprint density at radius 3 is 2.58 bits per heavy atom. The van der Waals surface area contributed by atoms with E-state index in [1.54, 1.807) is 18.2 Å². The highest BCUT2D eigenvalue weighted by molar-refractivity contribution is 7.90. The molecule has 0 radical (unpaired) electrons. The Labute approximate surface area is 145 Å². The van der Waals surface area contributed by atoms with E-state index in [0.29, 0.717) is 22.2 Å². The van der Waals surface area contributed by atoms with Crippen LogP contribution in [0.4, 0.5) is 13.2 Å². The third-order valence-electron chi connectivity index (χ3n) is 3.69. The summed E-state index contributed by atoms with van der Waals surface area (Å²) in [6, 6.07) is 6.35. The molecule has 1 aromatic carbocycles. The predicted molar refractivity (Wildman–Crippen MR) is 88.2 cm³/mol. The van der Waals surface area contributed by atoms with E-state index in [0.717, 1.165) is 0 Å². The number of aromatic nitrogens is 2. The summed E-state index contributed by atoms with van der Waals surface area (Å²) < 4.78 is 66.8. The minimum Gasteiger partial charge on any atom is -0.408 e. The maximum absolute atomic E-state index is 12.4. The van der Waals surface area contributed by atoms with E-state index in [4.69, 9.17) is 4.42 Å². The molecule has 6 nitrogen and oxygen atoms in total. The zero-order valence-corrected chi connectivity index (χ0v) is 14.3. The van der Waals surface area contributed by atoms with Crippen molar-refractivity contribution in [3.63, 3.8) is 0 Å². The number of sulfone groups is 1. The molecule has 0 saturated carbocycles. The quantitative estimate of drug-likeness (QED) is 0.689. The number of alkyl halides is 3. The lowest BCUT2D eigenvalue weighted by Gasteiger charge is -2.09. The van der Waals surface area contributed by atoms with Crippen molar-refractivity contribution in [1.82, 2.24) is 9.55 Å². The summed E-state index contributed by atoms with van der Waals surface area (Å²) >= 11 is 0.